The fraction of sp³-hybridized carbons (Fsp3) is 0.212. The first-order valence-corrected chi connectivity index (χ1v) is 14.8. The highest BCUT2D eigenvalue weighted by atomic mass is 32.1. The van der Waals surface area contributed by atoms with E-state index in [2.05, 4.69) is 21.4 Å². The summed E-state index contributed by atoms with van der Waals surface area (Å²) in [5.74, 6) is -1.10. The Balaban J connectivity index is 1.27. The predicted octanol–water partition coefficient (Wildman–Crippen LogP) is 6.81. The molecule has 0 saturated carbocycles. The number of aromatic nitrogens is 2. The number of carbonyl (C=O) groups excluding carboxylic acids is 3. The molecule has 2 aromatic heterocycles. The summed E-state index contributed by atoms with van der Waals surface area (Å²) in [4.78, 5) is 48.8. The number of thiophene rings is 1. The lowest BCUT2D eigenvalue weighted by atomic mass is 9.89. The molecule has 2 heterocycles. The zero-order chi connectivity index (χ0) is 29.2. The van der Waals surface area contributed by atoms with Gasteiger partial charge in [-0.15, -0.1) is 11.3 Å². The van der Waals surface area contributed by atoms with Crippen LogP contribution < -0.4 is 5.32 Å². The Labute approximate surface area is 246 Å². The van der Waals surface area contributed by atoms with Gasteiger partial charge in [-0.1, -0.05) is 61.5 Å². The number of carbonyl (C=O) groups is 3. The number of hydrogen-bond acceptors (Lipinski definition) is 7. The zero-order valence-electron chi connectivity index (χ0n) is 23.2. The summed E-state index contributed by atoms with van der Waals surface area (Å²) in [6.45, 7) is 3.73. The highest BCUT2D eigenvalue weighted by molar-refractivity contribution is 7.20. The standard InChI is InChI=1S/C33H29N3O5S/c1-3-26(41-32(38)22-14-8-7-13-21(22)29-34-24-15-9-10-16-25(24)35-29)30(37)36-31-27(33(39)40-4-2)23-18-17-19-11-5-6-12-20(19)28(23)42-31/h5-16,26H,3-4,17-18H2,1-2H3,(H,34,35)(H,36,37). The van der Waals surface area contributed by atoms with Crippen molar-refractivity contribution >= 4 is 45.2 Å². The van der Waals surface area contributed by atoms with Gasteiger partial charge in [0.25, 0.3) is 5.91 Å². The number of imidazole rings is 1. The molecule has 0 fully saturated rings. The van der Waals surface area contributed by atoms with Gasteiger partial charge in [-0.25, -0.2) is 14.6 Å². The molecular weight excluding hydrogens is 550 g/mol. The largest absolute Gasteiger partial charge is 0.462 e. The molecule has 0 bridgehead atoms. The molecule has 8 nitrogen and oxygen atoms in total. The fourth-order valence-corrected chi connectivity index (χ4v) is 6.60. The van der Waals surface area contributed by atoms with Gasteiger partial charge in [0.15, 0.2) is 6.10 Å². The Morgan fingerprint density at radius 1 is 0.929 bits per heavy atom. The van der Waals surface area contributed by atoms with Gasteiger partial charge in [-0.05, 0) is 61.1 Å². The Morgan fingerprint density at radius 3 is 2.45 bits per heavy atom. The van der Waals surface area contributed by atoms with E-state index in [0.717, 1.165) is 33.5 Å². The number of amides is 1. The summed E-state index contributed by atoms with van der Waals surface area (Å²) in [5.41, 5.74) is 5.98. The van der Waals surface area contributed by atoms with Crippen molar-refractivity contribution in [2.45, 2.75) is 39.2 Å². The van der Waals surface area contributed by atoms with Crippen molar-refractivity contribution < 1.29 is 23.9 Å². The maximum atomic E-state index is 13.5. The minimum atomic E-state index is -1.08. The first kappa shape index (κ1) is 27.4. The zero-order valence-corrected chi connectivity index (χ0v) is 24.0. The molecule has 1 unspecified atom stereocenters. The van der Waals surface area contributed by atoms with E-state index in [0.29, 0.717) is 33.9 Å². The Hall–Kier alpha value is -4.76. The number of ether oxygens (including phenoxy) is 2. The van der Waals surface area contributed by atoms with Gasteiger partial charge in [-0.2, -0.15) is 0 Å². The van der Waals surface area contributed by atoms with Crippen molar-refractivity contribution in [3.63, 3.8) is 0 Å². The molecule has 1 aliphatic rings. The van der Waals surface area contributed by atoms with E-state index in [1.165, 1.54) is 16.9 Å². The van der Waals surface area contributed by atoms with Gasteiger partial charge in [-0.3, -0.25) is 4.79 Å². The third-order valence-electron chi connectivity index (χ3n) is 7.33. The Kier molecular flexibility index (Phi) is 7.58. The molecule has 6 rings (SSSR count). The van der Waals surface area contributed by atoms with Crippen molar-refractivity contribution in [1.82, 2.24) is 9.97 Å². The lowest BCUT2D eigenvalue weighted by Crippen LogP contribution is -2.32. The number of hydrogen-bond donors (Lipinski definition) is 2. The van der Waals surface area contributed by atoms with Crippen LogP contribution in [0.2, 0.25) is 0 Å². The minimum absolute atomic E-state index is 0.216. The average molecular weight is 580 g/mol. The van der Waals surface area contributed by atoms with Crippen LogP contribution in [0.4, 0.5) is 5.00 Å². The molecule has 3 aromatic carbocycles. The number of aromatic amines is 1. The summed E-state index contributed by atoms with van der Waals surface area (Å²) >= 11 is 1.35. The van der Waals surface area contributed by atoms with Crippen LogP contribution in [0.15, 0.2) is 72.8 Å². The van der Waals surface area contributed by atoms with Gasteiger partial charge in [0.1, 0.15) is 10.8 Å². The van der Waals surface area contributed by atoms with Gasteiger partial charge in [0, 0.05) is 10.4 Å². The summed E-state index contributed by atoms with van der Waals surface area (Å²) in [6.07, 6.45) is 0.618. The third kappa shape index (κ3) is 5.07. The molecule has 0 radical (unpaired) electrons. The van der Waals surface area contributed by atoms with Gasteiger partial charge in [0.2, 0.25) is 0 Å². The molecule has 42 heavy (non-hydrogen) atoms. The smallest absolute Gasteiger partial charge is 0.341 e. The van der Waals surface area contributed by atoms with E-state index >= 15 is 0 Å². The lowest BCUT2D eigenvalue weighted by molar-refractivity contribution is -0.124. The monoisotopic (exact) mass is 579 g/mol. The number of rotatable bonds is 8. The minimum Gasteiger partial charge on any atom is -0.462 e. The maximum absolute atomic E-state index is 13.5. The van der Waals surface area contributed by atoms with E-state index in [1.54, 1.807) is 32.0 Å². The second-order valence-electron chi connectivity index (χ2n) is 9.93. The molecule has 1 amide bonds. The van der Waals surface area contributed by atoms with Gasteiger partial charge in [0.05, 0.1) is 28.8 Å². The molecule has 1 aliphatic carbocycles. The van der Waals surface area contributed by atoms with E-state index in [-0.39, 0.29) is 13.0 Å². The van der Waals surface area contributed by atoms with Crippen molar-refractivity contribution in [1.29, 1.82) is 0 Å². The molecule has 1 atom stereocenters. The molecule has 0 spiro atoms. The van der Waals surface area contributed by atoms with E-state index < -0.39 is 23.9 Å². The number of nitrogens with one attached hydrogen (secondary N) is 2. The number of para-hydroxylation sites is 2. The van der Waals surface area contributed by atoms with E-state index in [4.69, 9.17) is 9.47 Å². The highest BCUT2D eigenvalue weighted by Gasteiger charge is 2.32. The molecule has 5 aromatic rings. The summed E-state index contributed by atoms with van der Waals surface area (Å²) in [6, 6.07) is 22.7. The molecule has 9 heteroatoms. The first-order valence-electron chi connectivity index (χ1n) is 14.0. The third-order valence-corrected chi connectivity index (χ3v) is 8.51. The van der Waals surface area contributed by atoms with Gasteiger partial charge >= 0.3 is 11.9 Å². The Bertz CT molecular complexity index is 1790. The van der Waals surface area contributed by atoms with Crippen molar-refractivity contribution in [3.8, 4) is 21.8 Å². The number of esters is 2. The van der Waals surface area contributed by atoms with Crippen molar-refractivity contribution in [3.05, 3.63) is 95.1 Å². The van der Waals surface area contributed by atoms with Crippen molar-refractivity contribution in [2.24, 2.45) is 0 Å². The number of anilines is 1. The second-order valence-corrected chi connectivity index (χ2v) is 11.0. The lowest BCUT2D eigenvalue weighted by Gasteiger charge is -2.17. The van der Waals surface area contributed by atoms with Crippen LogP contribution in [0.5, 0.6) is 0 Å². The van der Waals surface area contributed by atoms with E-state index in [9.17, 15) is 14.4 Å². The quantitative estimate of drug-likeness (QED) is 0.196. The molecule has 0 saturated heterocycles. The van der Waals surface area contributed by atoms with Crippen LogP contribution in [-0.4, -0.2) is 40.5 Å². The summed E-state index contributed by atoms with van der Waals surface area (Å²) < 4.78 is 11.1. The number of fused-ring (bicyclic) bond motifs is 4. The van der Waals surface area contributed by atoms with Crippen LogP contribution in [-0.2, 0) is 27.1 Å². The van der Waals surface area contributed by atoms with Crippen LogP contribution in [0.25, 0.3) is 32.9 Å². The molecule has 0 aliphatic heterocycles. The van der Waals surface area contributed by atoms with Crippen LogP contribution in [0.1, 0.15) is 52.1 Å². The average Bonchev–Trinajstić information content (AvgIpc) is 3.61. The molecule has 2 N–H and O–H groups in total. The van der Waals surface area contributed by atoms with E-state index in [1.807, 2.05) is 48.5 Å². The molecule has 212 valence electrons. The summed E-state index contributed by atoms with van der Waals surface area (Å²) in [7, 11) is 0. The highest BCUT2D eigenvalue weighted by Crippen LogP contribution is 2.45. The maximum Gasteiger partial charge on any atom is 0.341 e. The normalized spacial score (nSPS) is 12.7. The summed E-state index contributed by atoms with van der Waals surface area (Å²) in [5, 5.41) is 3.29. The van der Waals surface area contributed by atoms with Gasteiger partial charge < -0.3 is 19.8 Å². The van der Waals surface area contributed by atoms with Crippen LogP contribution in [0.3, 0.4) is 0 Å². The number of benzene rings is 3. The number of H-pyrrole nitrogens is 1. The number of aryl methyl sites for hydroxylation is 1. The SMILES string of the molecule is CCOC(=O)c1c(NC(=O)C(CC)OC(=O)c2ccccc2-c2nc3ccccc3[nH]2)sc2c1CCc1ccccc1-2. The second kappa shape index (κ2) is 11.6. The predicted molar refractivity (Wildman–Crippen MR) is 163 cm³/mol. The topological polar surface area (TPSA) is 110 Å². The molecular formula is C33H29N3O5S. The van der Waals surface area contributed by atoms with Crippen molar-refractivity contribution in [2.75, 3.05) is 11.9 Å². The Morgan fingerprint density at radius 2 is 1.67 bits per heavy atom. The van der Waals surface area contributed by atoms with Crippen LogP contribution in [0, 0.1) is 0 Å². The fourth-order valence-electron chi connectivity index (χ4n) is 5.30. The number of nitrogens with zero attached hydrogens (tertiary/aromatic N) is 1. The first-order chi connectivity index (χ1) is 20.5. The van der Waals surface area contributed by atoms with Crippen LogP contribution >= 0.6 is 11.3 Å².